The normalized spacial score (nSPS) is 12.3. The summed E-state index contributed by atoms with van der Waals surface area (Å²) in [6.45, 7) is 0. The Labute approximate surface area is 168 Å². The number of fused-ring (bicyclic) bond motifs is 1. The molecule has 3 aromatic carbocycles. The van der Waals surface area contributed by atoms with Gasteiger partial charge in [-0.15, -0.1) is 0 Å². The van der Waals surface area contributed by atoms with Gasteiger partial charge in [-0.1, -0.05) is 66.2 Å². The van der Waals surface area contributed by atoms with Crippen molar-refractivity contribution in [2.45, 2.75) is 6.04 Å². The summed E-state index contributed by atoms with van der Waals surface area (Å²) >= 11 is 6.10. The first kappa shape index (κ1) is 16.8. The highest BCUT2D eigenvalue weighted by Gasteiger charge is 2.22. The van der Waals surface area contributed by atoms with Gasteiger partial charge in [-0.3, -0.25) is 0 Å². The number of benzene rings is 3. The summed E-state index contributed by atoms with van der Waals surface area (Å²) in [5.74, 6) is 0. The predicted molar refractivity (Wildman–Crippen MR) is 115 cm³/mol. The van der Waals surface area contributed by atoms with E-state index >= 15 is 0 Å². The average Bonchev–Trinajstić information content (AvgIpc) is 3.42. The lowest BCUT2D eigenvalue weighted by Gasteiger charge is -2.22. The first-order chi connectivity index (χ1) is 13.8. The van der Waals surface area contributed by atoms with Crippen LogP contribution in [0.2, 0.25) is 5.02 Å². The number of rotatable bonds is 4. The molecule has 3 nitrogen and oxygen atoms in total. The van der Waals surface area contributed by atoms with Gasteiger partial charge in [0.1, 0.15) is 0 Å². The van der Waals surface area contributed by atoms with Crippen molar-refractivity contribution in [2.75, 3.05) is 0 Å². The zero-order chi connectivity index (χ0) is 18.9. The van der Waals surface area contributed by atoms with E-state index < -0.39 is 0 Å². The highest BCUT2D eigenvalue weighted by molar-refractivity contribution is 6.30. The summed E-state index contributed by atoms with van der Waals surface area (Å²) < 4.78 is 2.16. The number of aromatic nitrogens is 3. The van der Waals surface area contributed by atoms with E-state index in [1.165, 1.54) is 21.9 Å². The largest absolute Gasteiger partial charge is 0.367 e. The minimum Gasteiger partial charge on any atom is -0.367 e. The van der Waals surface area contributed by atoms with Gasteiger partial charge in [-0.25, -0.2) is 4.98 Å². The SMILES string of the molecule is Clc1ccc(-c2c[nH]cc2C(c2cccc3ccccc23)n2ccnc2)cc1. The van der Waals surface area contributed by atoms with Crippen molar-refractivity contribution >= 4 is 22.4 Å². The van der Waals surface area contributed by atoms with Gasteiger partial charge in [-0.2, -0.15) is 0 Å². The van der Waals surface area contributed by atoms with Crippen LogP contribution < -0.4 is 0 Å². The van der Waals surface area contributed by atoms with Crippen LogP contribution in [0.3, 0.4) is 0 Å². The molecule has 0 bridgehead atoms. The monoisotopic (exact) mass is 383 g/mol. The third kappa shape index (κ3) is 2.90. The Bertz CT molecular complexity index is 1220. The smallest absolute Gasteiger partial charge is 0.0954 e. The molecule has 0 saturated carbocycles. The van der Waals surface area contributed by atoms with Gasteiger partial charge in [0.2, 0.25) is 0 Å². The van der Waals surface area contributed by atoms with Crippen LogP contribution in [-0.2, 0) is 0 Å². The predicted octanol–water partition coefficient (Wildman–Crippen LogP) is 6.32. The van der Waals surface area contributed by atoms with E-state index in [4.69, 9.17) is 11.6 Å². The van der Waals surface area contributed by atoms with Crippen LogP contribution in [0, 0.1) is 0 Å². The maximum absolute atomic E-state index is 6.10. The Morgan fingerprint density at radius 2 is 1.68 bits per heavy atom. The molecule has 0 fully saturated rings. The lowest BCUT2D eigenvalue weighted by Crippen LogP contribution is -2.11. The van der Waals surface area contributed by atoms with Crippen molar-refractivity contribution in [3.8, 4) is 11.1 Å². The third-order valence-electron chi connectivity index (χ3n) is 5.17. The molecular weight excluding hydrogens is 366 g/mol. The van der Waals surface area contributed by atoms with Crippen molar-refractivity contribution in [3.05, 3.63) is 114 Å². The van der Waals surface area contributed by atoms with Crippen molar-refractivity contribution in [1.82, 2.24) is 14.5 Å². The van der Waals surface area contributed by atoms with Crippen LogP contribution in [-0.4, -0.2) is 14.5 Å². The second kappa shape index (κ2) is 7.02. The molecule has 1 atom stereocenters. The molecular formula is C24H18ClN3. The molecule has 0 aliphatic rings. The molecule has 0 aliphatic heterocycles. The summed E-state index contributed by atoms with van der Waals surface area (Å²) in [6.07, 6.45) is 9.85. The number of H-pyrrole nitrogens is 1. The lowest BCUT2D eigenvalue weighted by molar-refractivity contribution is 0.683. The molecule has 0 radical (unpaired) electrons. The van der Waals surface area contributed by atoms with Gasteiger partial charge in [0, 0.05) is 40.9 Å². The number of nitrogens with zero attached hydrogens (tertiary/aromatic N) is 2. The Morgan fingerprint density at radius 1 is 0.857 bits per heavy atom. The molecule has 1 unspecified atom stereocenters. The topological polar surface area (TPSA) is 33.6 Å². The molecule has 28 heavy (non-hydrogen) atoms. The van der Waals surface area contributed by atoms with E-state index in [1.807, 2.05) is 37.1 Å². The van der Waals surface area contributed by atoms with E-state index in [-0.39, 0.29) is 6.04 Å². The first-order valence-electron chi connectivity index (χ1n) is 9.19. The molecule has 0 amide bonds. The van der Waals surface area contributed by atoms with Crippen molar-refractivity contribution in [3.63, 3.8) is 0 Å². The van der Waals surface area contributed by atoms with Gasteiger partial charge in [-0.05, 0) is 34.0 Å². The quantitative estimate of drug-likeness (QED) is 0.387. The number of nitrogens with one attached hydrogen (secondary N) is 1. The minimum atomic E-state index is 0.00512. The number of aromatic amines is 1. The van der Waals surface area contributed by atoms with Crippen molar-refractivity contribution in [2.24, 2.45) is 0 Å². The standard InChI is InChI=1S/C24H18ClN3/c25-19-10-8-18(9-11-19)22-14-27-15-23(22)24(28-13-12-26-16-28)21-7-3-5-17-4-1-2-6-20(17)21/h1-16,24,27H. The second-order valence-electron chi connectivity index (χ2n) is 6.81. The minimum absolute atomic E-state index is 0.00512. The van der Waals surface area contributed by atoms with E-state index in [0.717, 1.165) is 16.1 Å². The van der Waals surface area contributed by atoms with Crippen molar-refractivity contribution in [1.29, 1.82) is 0 Å². The third-order valence-corrected chi connectivity index (χ3v) is 5.42. The number of imidazole rings is 1. The van der Waals surface area contributed by atoms with Gasteiger partial charge in [0.05, 0.1) is 12.4 Å². The first-order valence-corrected chi connectivity index (χ1v) is 9.57. The Balaban J connectivity index is 1.74. The number of hydrogen-bond acceptors (Lipinski definition) is 1. The highest BCUT2D eigenvalue weighted by Crippen LogP contribution is 2.37. The Kier molecular flexibility index (Phi) is 4.22. The maximum Gasteiger partial charge on any atom is 0.0954 e. The van der Waals surface area contributed by atoms with E-state index in [2.05, 4.69) is 75.3 Å². The maximum atomic E-state index is 6.10. The number of halogens is 1. The summed E-state index contributed by atoms with van der Waals surface area (Å²) in [5, 5.41) is 3.21. The number of hydrogen-bond donors (Lipinski definition) is 1. The average molecular weight is 384 g/mol. The molecule has 0 spiro atoms. The second-order valence-corrected chi connectivity index (χ2v) is 7.25. The van der Waals surface area contributed by atoms with Crippen LogP contribution in [0.15, 0.2) is 97.8 Å². The molecule has 2 heterocycles. The molecule has 5 aromatic rings. The van der Waals surface area contributed by atoms with Gasteiger partial charge in [0.25, 0.3) is 0 Å². The fourth-order valence-electron chi connectivity index (χ4n) is 3.88. The zero-order valence-electron chi connectivity index (χ0n) is 15.1. The van der Waals surface area contributed by atoms with Crippen molar-refractivity contribution < 1.29 is 0 Å². The van der Waals surface area contributed by atoms with Gasteiger partial charge >= 0.3 is 0 Å². The lowest BCUT2D eigenvalue weighted by atomic mass is 9.91. The molecule has 0 aliphatic carbocycles. The van der Waals surface area contributed by atoms with E-state index in [1.54, 1.807) is 0 Å². The summed E-state index contributed by atoms with van der Waals surface area (Å²) in [7, 11) is 0. The van der Waals surface area contributed by atoms with Gasteiger partial charge in [0.15, 0.2) is 0 Å². The van der Waals surface area contributed by atoms with Crippen LogP contribution in [0.4, 0.5) is 0 Å². The molecule has 136 valence electrons. The fourth-order valence-corrected chi connectivity index (χ4v) is 4.01. The van der Waals surface area contributed by atoms with Crippen LogP contribution >= 0.6 is 11.6 Å². The molecule has 1 N–H and O–H groups in total. The Hall–Kier alpha value is -3.30. The van der Waals surface area contributed by atoms with Crippen LogP contribution in [0.5, 0.6) is 0 Å². The molecule has 0 saturated heterocycles. The summed E-state index contributed by atoms with van der Waals surface area (Å²) in [6, 6.07) is 23.0. The summed E-state index contributed by atoms with van der Waals surface area (Å²) in [5.41, 5.74) is 4.72. The van der Waals surface area contributed by atoms with E-state index in [0.29, 0.717) is 0 Å². The Morgan fingerprint density at radius 3 is 2.50 bits per heavy atom. The molecule has 5 rings (SSSR count). The molecule has 2 aromatic heterocycles. The summed E-state index contributed by atoms with van der Waals surface area (Å²) in [4.78, 5) is 7.61. The zero-order valence-corrected chi connectivity index (χ0v) is 15.8. The highest BCUT2D eigenvalue weighted by atomic mass is 35.5. The fraction of sp³-hybridized carbons (Fsp3) is 0.0417. The van der Waals surface area contributed by atoms with Crippen LogP contribution in [0.1, 0.15) is 17.2 Å². The van der Waals surface area contributed by atoms with Crippen LogP contribution in [0.25, 0.3) is 21.9 Å². The van der Waals surface area contributed by atoms with Gasteiger partial charge < -0.3 is 9.55 Å². The molecule has 4 heteroatoms. The van der Waals surface area contributed by atoms with E-state index in [9.17, 15) is 0 Å².